The first-order chi connectivity index (χ1) is 14.7. The summed E-state index contributed by atoms with van der Waals surface area (Å²) in [4.78, 5) is 1.84. The van der Waals surface area contributed by atoms with E-state index >= 15 is 0 Å². The number of fused-ring (bicyclic) bond motifs is 2. The summed E-state index contributed by atoms with van der Waals surface area (Å²) in [6.45, 7) is 13.8. The Bertz CT molecular complexity index is 1090. The van der Waals surface area contributed by atoms with Gasteiger partial charge in [-0.05, 0) is 38.5 Å². The van der Waals surface area contributed by atoms with Gasteiger partial charge >= 0.3 is 0 Å². The minimum atomic E-state index is -1.08. The first-order valence-corrected chi connectivity index (χ1v) is 11.4. The predicted octanol–water partition coefficient (Wildman–Crippen LogP) is 7.03. The van der Waals surface area contributed by atoms with Crippen LogP contribution >= 0.6 is 0 Å². The van der Waals surface area contributed by atoms with Gasteiger partial charge < -0.3 is 4.90 Å². The smallest absolute Gasteiger partial charge is 0.209 e. The van der Waals surface area contributed by atoms with E-state index in [2.05, 4.69) is 87.8 Å². The van der Waals surface area contributed by atoms with Crippen LogP contribution in [0.15, 0.2) is 72.5 Å². The Morgan fingerprint density at radius 3 is 2.29 bits per heavy atom. The third-order valence-corrected chi connectivity index (χ3v) is 6.85. The second kappa shape index (κ2) is 7.78. The highest BCUT2D eigenvalue weighted by Gasteiger charge is 2.44. The van der Waals surface area contributed by atoms with Crippen LogP contribution < -0.4 is 4.90 Å². The molecule has 31 heavy (non-hydrogen) atoms. The summed E-state index contributed by atoms with van der Waals surface area (Å²) in [6.07, 6.45) is 6.44. The molecule has 2 aromatic carbocycles. The molecule has 0 spiro atoms. The van der Waals surface area contributed by atoms with Crippen LogP contribution in [0.25, 0.3) is 0 Å². The van der Waals surface area contributed by atoms with Crippen LogP contribution in [0, 0.1) is 0 Å². The van der Waals surface area contributed by atoms with Crippen LogP contribution in [0.2, 0.25) is 0 Å². The third kappa shape index (κ3) is 3.35. The molecule has 0 saturated carbocycles. The van der Waals surface area contributed by atoms with Gasteiger partial charge in [0, 0.05) is 40.9 Å². The SMILES string of the molecule is CCC[N+]1=C(/C=C/C=C2/N(C(C)F)c3ccccc3C2(C)C)C(C)(C)c2ccccc21. The van der Waals surface area contributed by atoms with Gasteiger partial charge in [-0.25, -0.2) is 4.39 Å². The average molecular weight is 418 g/mol. The Morgan fingerprint density at radius 2 is 1.61 bits per heavy atom. The fourth-order valence-electron chi connectivity index (χ4n) is 5.29. The Hall–Kier alpha value is -2.68. The fraction of sp³-hybridized carbons (Fsp3) is 0.393. The molecule has 0 aliphatic carbocycles. The molecule has 2 nitrogen and oxygen atoms in total. The van der Waals surface area contributed by atoms with Crippen molar-refractivity contribution in [1.29, 1.82) is 0 Å². The van der Waals surface area contributed by atoms with Crippen LogP contribution in [-0.2, 0) is 10.8 Å². The second-order valence-electron chi connectivity index (χ2n) is 9.68. The summed E-state index contributed by atoms with van der Waals surface area (Å²) < 4.78 is 17.2. The van der Waals surface area contributed by atoms with Crippen molar-refractivity contribution in [3.63, 3.8) is 0 Å². The Kier molecular flexibility index (Phi) is 5.41. The molecule has 0 aromatic heterocycles. The summed E-state index contributed by atoms with van der Waals surface area (Å²) in [5.74, 6) is 0. The van der Waals surface area contributed by atoms with Gasteiger partial charge in [0.1, 0.15) is 6.54 Å². The molecule has 2 aliphatic heterocycles. The molecular weight excluding hydrogens is 383 g/mol. The van der Waals surface area contributed by atoms with E-state index < -0.39 is 6.30 Å². The molecule has 162 valence electrons. The highest BCUT2D eigenvalue weighted by molar-refractivity contribution is 6.03. The van der Waals surface area contributed by atoms with Gasteiger partial charge in [-0.1, -0.05) is 63.2 Å². The number of alkyl halides is 1. The highest BCUT2D eigenvalue weighted by atomic mass is 19.1. The number of para-hydroxylation sites is 2. The molecule has 0 saturated heterocycles. The zero-order chi connectivity index (χ0) is 22.4. The Balaban J connectivity index is 1.77. The van der Waals surface area contributed by atoms with Gasteiger partial charge in [-0.2, -0.15) is 4.58 Å². The summed E-state index contributed by atoms with van der Waals surface area (Å²) >= 11 is 0. The molecular formula is C28H34FN2+. The van der Waals surface area contributed by atoms with Gasteiger partial charge in [0.2, 0.25) is 5.69 Å². The van der Waals surface area contributed by atoms with E-state index in [0.717, 1.165) is 24.4 Å². The van der Waals surface area contributed by atoms with Crippen LogP contribution in [0.3, 0.4) is 0 Å². The van der Waals surface area contributed by atoms with E-state index in [1.54, 1.807) is 6.92 Å². The first kappa shape index (κ1) is 21.5. The number of anilines is 1. The van der Waals surface area contributed by atoms with E-state index in [1.165, 1.54) is 22.5 Å². The molecule has 4 rings (SSSR count). The molecule has 0 fully saturated rings. The van der Waals surface area contributed by atoms with Crippen molar-refractivity contribution in [1.82, 2.24) is 0 Å². The molecule has 2 heterocycles. The highest BCUT2D eigenvalue weighted by Crippen LogP contribution is 2.48. The molecule has 0 amide bonds. The van der Waals surface area contributed by atoms with E-state index in [1.807, 2.05) is 23.1 Å². The Labute approximate surface area is 186 Å². The maximum Gasteiger partial charge on any atom is 0.209 e. The van der Waals surface area contributed by atoms with Crippen LogP contribution in [-0.4, -0.2) is 23.1 Å². The minimum Gasteiger partial charge on any atom is -0.314 e. The van der Waals surface area contributed by atoms with Gasteiger partial charge in [-0.3, -0.25) is 0 Å². The quantitative estimate of drug-likeness (QED) is 0.374. The van der Waals surface area contributed by atoms with Crippen molar-refractivity contribution < 1.29 is 8.97 Å². The lowest BCUT2D eigenvalue weighted by Crippen LogP contribution is -2.31. The van der Waals surface area contributed by atoms with Crippen LogP contribution in [0.4, 0.5) is 15.8 Å². The van der Waals surface area contributed by atoms with Crippen molar-refractivity contribution in [3.8, 4) is 0 Å². The van der Waals surface area contributed by atoms with Crippen LogP contribution in [0.5, 0.6) is 0 Å². The third-order valence-electron chi connectivity index (χ3n) is 6.85. The predicted molar refractivity (Wildman–Crippen MR) is 129 cm³/mol. The molecule has 3 heteroatoms. The maximum absolute atomic E-state index is 14.7. The Morgan fingerprint density at radius 1 is 0.968 bits per heavy atom. The van der Waals surface area contributed by atoms with E-state index in [0.29, 0.717) is 0 Å². The van der Waals surface area contributed by atoms with Crippen LogP contribution in [0.1, 0.15) is 59.1 Å². The lowest BCUT2D eigenvalue weighted by molar-refractivity contribution is -0.437. The lowest BCUT2D eigenvalue weighted by Gasteiger charge is -2.28. The van der Waals surface area contributed by atoms with Gasteiger partial charge in [-0.15, -0.1) is 0 Å². The van der Waals surface area contributed by atoms with E-state index in [-0.39, 0.29) is 10.8 Å². The molecule has 2 aliphatic rings. The monoisotopic (exact) mass is 417 g/mol. The normalized spacial score (nSPS) is 21.1. The van der Waals surface area contributed by atoms with Crippen molar-refractivity contribution >= 4 is 17.1 Å². The minimum absolute atomic E-state index is 0.0675. The summed E-state index contributed by atoms with van der Waals surface area (Å²) in [7, 11) is 0. The van der Waals surface area contributed by atoms with Crippen molar-refractivity contribution in [2.75, 3.05) is 11.4 Å². The maximum atomic E-state index is 14.7. The van der Waals surface area contributed by atoms with Gasteiger partial charge in [0.25, 0.3) is 0 Å². The second-order valence-corrected chi connectivity index (χ2v) is 9.68. The lowest BCUT2D eigenvalue weighted by atomic mass is 9.81. The first-order valence-electron chi connectivity index (χ1n) is 11.4. The fourth-order valence-corrected chi connectivity index (χ4v) is 5.29. The van der Waals surface area contributed by atoms with E-state index in [9.17, 15) is 4.39 Å². The number of hydrogen-bond acceptors (Lipinski definition) is 1. The molecule has 0 bridgehead atoms. The zero-order valence-corrected chi connectivity index (χ0v) is 19.6. The number of rotatable bonds is 5. The van der Waals surface area contributed by atoms with Gasteiger partial charge in [0.05, 0.1) is 5.41 Å². The molecule has 0 radical (unpaired) electrons. The summed E-state index contributed by atoms with van der Waals surface area (Å²) in [5.41, 5.74) is 6.78. The van der Waals surface area contributed by atoms with Crippen molar-refractivity contribution in [2.24, 2.45) is 0 Å². The number of halogens is 1. The summed E-state index contributed by atoms with van der Waals surface area (Å²) in [6, 6.07) is 16.9. The average Bonchev–Trinajstić information content (AvgIpc) is 3.09. The van der Waals surface area contributed by atoms with Gasteiger partial charge in [0.15, 0.2) is 12.0 Å². The number of nitrogens with zero attached hydrogens (tertiary/aromatic N) is 2. The molecule has 1 unspecified atom stereocenters. The summed E-state index contributed by atoms with van der Waals surface area (Å²) in [5, 5.41) is 0. The standard InChI is InChI=1S/C28H34FN2/c1-7-19-30-23-15-10-8-13-21(23)27(3,4)25(30)17-12-18-26-28(5,6)22-14-9-11-16-24(22)31(26)20(2)29/h8-18,20H,7,19H2,1-6H3/q+1. The largest absolute Gasteiger partial charge is 0.314 e. The van der Waals surface area contributed by atoms with E-state index in [4.69, 9.17) is 0 Å². The topological polar surface area (TPSA) is 6.25 Å². The number of hydrogen-bond donors (Lipinski definition) is 0. The number of allylic oxidation sites excluding steroid dienone is 4. The zero-order valence-electron chi connectivity index (χ0n) is 19.6. The van der Waals surface area contributed by atoms with Crippen molar-refractivity contribution in [2.45, 2.75) is 65.1 Å². The number of benzene rings is 2. The van der Waals surface area contributed by atoms with Crippen molar-refractivity contribution in [3.05, 3.63) is 83.6 Å². The molecule has 2 aromatic rings. The molecule has 0 N–H and O–H groups in total. The molecule has 1 atom stereocenters.